The summed E-state index contributed by atoms with van der Waals surface area (Å²) in [6.07, 6.45) is 5.33. The second kappa shape index (κ2) is 5.22. The van der Waals surface area contributed by atoms with Gasteiger partial charge in [0.1, 0.15) is 0 Å². The highest BCUT2D eigenvalue weighted by atomic mass is 16.4. The second-order valence-corrected chi connectivity index (χ2v) is 3.96. The minimum absolute atomic E-state index is 0.325. The van der Waals surface area contributed by atoms with Crippen molar-refractivity contribution >= 4 is 5.97 Å². The molecule has 2 N–H and O–H groups in total. The first-order valence-electron chi connectivity index (χ1n) is 5.10. The Bertz CT molecular complexity index is 164. The molecule has 1 rings (SSSR count). The lowest BCUT2D eigenvalue weighted by Gasteiger charge is -2.21. The van der Waals surface area contributed by atoms with Crippen LogP contribution in [0.2, 0.25) is 0 Å². The summed E-state index contributed by atoms with van der Waals surface area (Å²) in [4.78, 5) is 10.6. The smallest absolute Gasteiger partial charge is 0.303 e. The van der Waals surface area contributed by atoms with Crippen LogP contribution in [0.5, 0.6) is 0 Å². The van der Waals surface area contributed by atoms with Crippen molar-refractivity contribution in [3.8, 4) is 0 Å². The van der Waals surface area contributed by atoms with E-state index in [9.17, 15) is 4.79 Å². The summed E-state index contributed by atoms with van der Waals surface area (Å²) >= 11 is 0. The fraction of sp³-hybridized carbons (Fsp3) is 0.900. The van der Waals surface area contributed by atoms with E-state index in [4.69, 9.17) is 5.11 Å². The van der Waals surface area contributed by atoms with Crippen LogP contribution in [0.4, 0.5) is 0 Å². The fourth-order valence-corrected chi connectivity index (χ4v) is 2.32. The maximum absolute atomic E-state index is 10.6. The minimum atomic E-state index is -0.660. The molecule has 13 heavy (non-hydrogen) atoms. The van der Waals surface area contributed by atoms with Gasteiger partial charge in [-0.15, -0.1) is 0 Å². The Kier molecular flexibility index (Phi) is 4.22. The van der Waals surface area contributed by atoms with E-state index in [0.29, 0.717) is 18.3 Å². The summed E-state index contributed by atoms with van der Waals surface area (Å²) in [7, 11) is 1.89. The number of carboxylic acid groups (broad SMARTS) is 1. The molecule has 0 bridgehead atoms. The average Bonchev–Trinajstić information content (AvgIpc) is 2.54. The monoisotopic (exact) mass is 185 g/mol. The second-order valence-electron chi connectivity index (χ2n) is 3.96. The number of carboxylic acids is 1. The zero-order valence-electron chi connectivity index (χ0n) is 8.25. The first kappa shape index (κ1) is 10.5. The van der Waals surface area contributed by atoms with Crippen molar-refractivity contribution in [2.45, 2.75) is 32.1 Å². The Labute approximate surface area is 79.5 Å². The number of aliphatic carboxylic acids is 1. The van der Waals surface area contributed by atoms with E-state index in [1.54, 1.807) is 0 Å². The maximum Gasteiger partial charge on any atom is 0.303 e. The average molecular weight is 185 g/mol. The normalized spacial score (nSPS) is 20.4. The first-order valence-corrected chi connectivity index (χ1v) is 5.10. The van der Waals surface area contributed by atoms with Crippen molar-refractivity contribution in [2.75, 3.05) is 13.6 Å². The lowest BCUT2D eigenvalue weighted by atomic mass is 9.88. The van der Waals surface area contributed by atoms with Gasteiger partial charge in [0.15, 0.2) is 0 Å². The quantitative estimate of drug-likeness (QED) is 0.682. The van der Waals surface area contributed by atoms with Gasteiger partial charge in [-0.25, -0.2) is 0 Å². The van der Waals surface area contributed by atoms with Crippen molar-refractivity contribution in [1.82, 2.24) is 5.32 Å². The van der Waals surface area contributed by atoms with Crippen LogP contribution in [0.3, 0.4) is 0 Å². The van der Waals surface area contributed by atoms with Crippen molar-refractivity contribution in [3.05, 3.63) is 0 Å². The van der Waals surface area contributed by atoms with Gasteiger partial charge in [-0.05, 0) is 25.4 Å². The van der Waals surface area contributed by atoms with Crippen LogP contribution in [-0.4, -0.2) is 24.7 Å². The predicted molar refractivity (Wildman–Crippen MR) is 51.6 cm³/mol. The molecule has 1 unspecified atom stereocenters. The molecule has 0 aromatic heterocycles. The summed E-state index contributed by atoms with van der Waals surface area (Å²) in [5.41, 5.74) is 0. The molecule has 0 spiro atoms. The van der Waals surface area contributed by atoms with Gasteiger partial charge < -0.3 is 10.4 Å². The van der Waals surface area contributed by atoms with E-state index >= 15 is 0 Å². The summed E-state index contributed by atoms with van der Waals surface area (Å²) in [5, 5.41) is 11.8. The molecule has 0 amide bonds. The zero-order chi connectivity index (χ0) is 9.68. The highest BCUT2D eigenvalue weighted by Crippen LogP contribution is 2.32. The number of nitrogens with one attached hydrogen (secondary N) is 1. The number of hydrogen-bond donors (Lipinski definition) is 2. The molecule has 1 aliphatic rings. The lowest BCUT2D eigenvalue weighted by Crippen LogP contribution is -2.26. The Morgan fingerprint density at radius 1 is 1.54 bits per heavy atom. The van der Waals surface area contributed by atoms with Crippen LogP contribution in [-0.2, 0) is 4.79 Å². The highest BCUT2D eigenvalue weighted by Gasteiger charge is 2.25. The third kappa shape index (κ3) is 3.35. The van der Waals surface area contributed by atoms with E-state index in [1.165, 1.54) is 25.7 Å². The van der Waals surface area contributed by atoms with Gasteiger partial charge in [-0.1, -0.05) is 25.7 Å². The third-order valence-electron chi connectivity index (χ3n) is 2.97. The molecule has 1 saturated carbocycles. The van der Waals surface area contributed by atoms with Crippen molar-refractivity contribution in [2.24, 2.45) is 11.8 Å². The van der Waals surface area contributed by atoms with Gasteiger partial charge in [0, 0.05) is 6.42 Å². The predicted octanol–water partition coefficient (Wildman–Crippen LogP) is 1.49. The molecule has 0 aliphatic heterocycles. The zero-order valence-corrected chi connectivity index (χ0v) is 8.25. The van der Waals surface area contributed by atoms with Gasteiger partial charge in [-0.2, -0.15) is 0 Å². The maximum atomic E-state index is 10.6. The lowest BCUT2D eigenvalue weighted by molar-refractivity contribution is -0.138. The van der Waals surface area contributed by atoms with Crippen LogP contribution in [0, 0.1) is 11.8 Å². The number of carbonyl (C=O) groups is 1. The van der Waals surface area contributed by atoms with Crippen LogP contribution in [0.25, 0.3) is 0 Å². The Balaban J connectivity index is 2.39. The van der Waals surface area contributed by atoms with E-state index < -0.39 is 5.97 Å². The van der Waals surface area contributed by atoms with Gasteiger partial charge in [-0.3, -0.25) is 4.79 Å². The molecule has 0 saturated heterocycles. The molecule has 1 aliphatic carbocycles. The molecule has 1 atom stereocenters. The van der Waals surface area contributed by atoms with Crippen molar-refractivity contribution in [1.29, 1.82) is 0 Å². The van der Waals surface area contributed by atoms with E-state index in [0.717, 1.165) is 6.54 Å². The molecule has 76 valence electrons. The first-order chi connectivity index (χ1) is 6.24. The van der Waals surface area contributed by atoms with E-state index in [-0.39, 0.29) is 0 Å². The minimum Gasteiger partial charge on any atom is -0.481 e. The number of rotatable bonds is 5. The molecule has 3 nitrogen and oxygen atoms in total. The molecule has 3 heteroatoms. The molecule has 0 aromatic rings. The summed E-state index contributed by atoms with van der Waals surface area (Å²) in [6.45, 7) is 0.844. The SMILES string of the molecule is CNCC(CC(=O)O)C1CCCC1. The van der Waals surface area contributed by atoms with Gasteiger partial charge in [0.05, 0.1) is 0 Å². The standard InChI is InChI=1S/C10H19NO2/c1-11-7-9(6-10(12)13)8-4-2-3-5-8/h8-9,11H,2-7H2,1H3,(H,12,13). The number of hydrogen-bond acceptors (Lipinski definition) is 2. The summed E-state index contributed by atoms with van der Waals surface area (Å²) in [6, 6.07) is 0. The molecule has 0 radical (unpaired) electrons. The van der Waals surface area contributed by atoms with E-state index in [1.807, 2.05) is 7.05 Å². The third-order valence-corrected chi connectivity index (χ3v) is 2.97. The van der Waals surface area contributed by atoms with Crippen molar-refractivity contribution < 1.29 is 9.90 Å². The molecule has 0 aromatic carbocycles. The molecule has 1 fully saturated rings. The topological polar surface area (TPSA) is 49.3 Å². The molecular formula is C10H19NO2. The molecule has 0 heterocycles. The van der Waals surface area contributed by atoms with E-state index in [2.05, 4.69) is 5.32 Å². The van der Waals surface area contributed by atoms with Crippen LogP contribution in [0.15, 0.2) is 0 Å². The highest BCUT2D eigenvalue weighted by molar-refractivity contribution is 5.67. The van der Waals surface area contributed by atoms with Crippen LogP contribution in [0.1, 0.15) is 32.1 Å². The van der Waals surface area contributed by atoms with Crippen molar-refractivity contribution in [3.63, 3.8) is 0 Å². The van der Waals surface area contributed by atoms with Gasteiger partial charge >= 0.3 is 5.97 Å². The molecular weight excluding hydrogens is 166 g/mol. The van der Waals surface area contributed by atoms with Crippen LogP contribution < -0.4 is 5.32 Å². The summed E-state index contributed by atoms with van der Waals surface area (Å²) < 4.78 is 0. The van der Waals surface area contributed by atoms with Crippen LogP contribution >= 0.6 is 0 Å². The summed E-state index contributed by atoms with van der Waals surface area (Å²) in [5.74, 6) is 0.320. The fourth-order valence-electron chi connectivity index (χ4n) is 2.32. The Hall–Kier alpha value is -0.570. The van der Waals surface area contributed by atoms with Gasteiger partial charge in [0.25, 0.3) is 0 Å². The van der Waals surface area contributed by atoms with Gasteiger partial charge in [0.2, 0.25) is 0 Å². The Morgan fingerprint density at radius 3 is 2.62 bits per heavy atom. The Morgan fingerprint density at radius 2 is 2.15 bits per heavy atom. The largest absolute Gasteiger partial charge is 0.481 e.